The number of hydrogen-bond donors (Lipinski definition) is 1. The summed E-state index contributed by atoms with van der Waals surface area (Å²) in [7, 11) is -8.77. The maximum Gasteiger partial charge on any atom is 2.00 e. The molecule has 25 N–H and O–H groups in total. The number of rotatable bonds is 0. The average Bonchev–Trinajstić information content (AvgIpc) is 1.19. The van der Waals surface area contributed by atoms with Gasteiger partial charge in [0.25, 0.3) is 0 Å². The second-order valence-corrected chi connectivity index (χ2v) is 2.16. The molecule has 0 aromatic rings. The van der Waals surface area contributed by atoms with Gasteiger partial charge in [0.05, 0.1) is 7.82 Å². The van der Waals surface area contributed by atoms with Gasteiger partial charge in [-0.25, -0.2) is 0 Å². The van der Waals surface area contributed by atoms with E-state index in [1.165, 1.54) is 0 Å². The predicted octanol–water partition coefficient (Wildman–Crippen LogP) is -15.0. The van der Waals surface area contributed by atoms with E-state index in [4.69, 9.17) is 33.3 Å². The van der Waals surface area contributed by atoms with Crippen molar-refractivity contribution in [2.45, 2.75) is 0 Å². The van der Waals surface area contributed by atoms with Gasteiger partial charge in [0.1, 0.15) is 0 Å². The van der Waals surface area contributed by atoms with Crippen LogP contribution in [0.2, 0.25) is 0 Å². The van der Waals surface area contributed by atoms with Gasteiger partial charge in [-0.1, -0.05) is 0 Å². The first-order valence-corrected chi connectivity index (χ1v) is 4.08. The third-order valence-corrected chi connectivity index (χ3v) is 0. The SMILES string of the molecule is O.O.O.O.O.O.O.O.O.O.O.O.O=P([O-])([O-])O.O=[Si]([O-])[O-].[Fe+2].[Fe+2]. The molecule has 164 valence electrons. The van der Waals surface area contributed by atoms with E-state index in [9.17, 15) is 0 Å². The van der Waals surface area contributed by atoms with Crippen molar-refractivity contribution >= 4 is 17.0 Å². The Hall–Kier alpha value is 0.286. The van der Waals surface area contributed by atoms with E-state index in [2.05, 4.69) is 0 Å². The van der Waals surface area contributed by atoms with E-state index in [-0.39, 0.29) is 99.9 Å². The molecule has 0 heterocycles. The Morgan fingerprint density at radius 1 is 0.609 bits per heavy atom. The summed E-state index contributed by atoms with van der Waals surface area (Å²) in [4.78, 5) is 41.3. The molecule has 0 unspecified atom stereocenters. The van der Waals surface area contributed by atoms with Gasteiger partial charge in [0, 0.05) is 9.17 Å². The van der Waals surface area contributed by atoms with Gasteiger partial charge in [0.15, 0.2) is 0 Å². The summed E-state index contributed by atoms with van der Waals surface area (Å²) in [6, 6.07) is 0. The molecule has 0 saturated carbocycles. The molecule has 23 heteroatoms. The Labute approximate surface area is 150 Å². The Morgan fingerprint density at radius 2 is 0.609 bits per heavy atom. The van der Waals surface area contributed by atoms with Crippen molar-refractivity contribution in [1.82, 2.24) is 0 Å². The van der Waals surface area contributed by atoms with Crippen molar-refractivity contribution in [3.05, 3.63) is 0 Å². The molecule has 0 radical (unpaired) electrons. The normalized spacial score (nSPS) is 3.61. The fraction of sp³-hybridized carbons (Fsp3) is 0. The van der Waals surface area contributed by atoms with Gasteiger partial charge in [0.2, 0.25) is 0 Å². The first-order chi connectivity index (χ1) is 3.73. The zero-order valence-corrected chi connectivity index (χ0v) is 14.7. The summed E-state index contributed by atoms with van der Waals surface area (Å²) in [6.45, 7) is 0. The Balaban J connectivity index is -0.00000000190. The van der Waals surface area contributed by atoms with Gasteiger partial charge in [-0.3, -0.25) is 0 Å². The second-order valence-electron chi connectivity index (χ2n) is 0.719. The van der Waals surface area contributed by atoms with Crippen LogP contribution in [0.5, 0.6) is 0 Å². The van der Waals surface area contributed by atoms with Gasteiger partial charge >= 0.3 is 34.1 Å². The third-order valence-electron chi connectivity index (χ3n) is 0. The van der Waals surface area contributed by atoms with E-state index >= 15 is 0 Å². The molecular formula is H25Fe2O19PSi. The minimum atomic E-state index is -5.14. The van der Waals surface area contributed by atoms with Crippen LogP contribution in [0.15, 0.2) is 0 Å². The van der Waals surface area contributed by atoms with Gasteiger partial charge in [-0.05, 0) is 0 Å². The van der Waals surface area contributed by atoms with Crippen molar-refractivity contribution in [3.8, 4) is 0 Å². The first-order valence-electron chi connectivity index (χ1n) is 1.36. The van der Waals surface area contributed by atoms with Gasteiger partial charge in [-0.2, -0.15) is 0 Å². The summed E-state index contributed by atoms with van der Waals surface area (Å²) in [5, 5.41) is 0. The van der Waals surface area contributed by atoms with E-state index in [1.807, 2.05) is 0 Å². The molecule has 0 saturated heterocycles. The number of phosphoric acid groups is 1. The molecule has 0 spiro atoms. The Kier molecular flexibility index (Phi) is 1110. The molecule has 0 atom stereocenters. The van der Waals surface area contributed by atoms with Crippen LogP contribution in [-0.4, -0.2) is 79.8 Å². The molecule has 0 aliphatic heterocycles. The zero-order valence-electron chi connectivity index (χ0n) is 10.6. The van der Waals surface area contributed by atoms with Gasteiger partial charge in [-0.15, -0.1) is 0 Å². The van der Waals surface area contributed by atoms with Crippen LogP contribution < -0.4 is 19.4 Å². The quantitative estimate of drug-likeness (QED) is 0.247. The van der Waals surface area contributed by atoms with E-state index in [1.54, 1.807) is 0 Å². The first kappa shape index (κ1) is 218. The second kappa shape index (κ2) is 117. The fourth-order valence-corrected chi connectivity index (χ4v) is 0. The molecule has 23 heavy (non-hydrogen) atoms. The summed E-state index contributed by atoms with van der Waals surface area (Å²) >= 11 is 0. The van der Waals surface area contributed by atoms with Crippen molar-refractivity contribution in [2.75, 3.05) is 0 Å². The van der Waals surface area contributed by atoms with Crippen molar-refractivity contribution < 1.29 is 133 Å². The van der Waals surface area contributed by atoms with E-state index < -0.39 is 17.0 Å². The summed E-state index contributed by atoms with van der Waals surface area (Å²) in [6.07, 6.45) is 0. The zero-order chi connectivity index (χ0) is 8.08. The smallest absolute Gasteiger partial charge is 0.790 e. The third kappa shape index (κ3) is 112000. The summed E-state index contributed by atoms with van der Waals surface area (Å²) in [5.74, 6) is 0. The summed E-state index contributed by atoms with van der Waals surface area (Å²) < 4.78 is 17.2. The molecule has 0 aromatic heterocycles. The van der Waals surface area contributed by atoms with Crippen LogP contribution in [0, 0.1) is 0 Å². The Morgan fingerprint density at radius 3 is 0.609 bits per heavy atom. The summed E-state index contributed by atoms with van der Waals surface area (Å²) in [5.41, 5.74) is 0. The van der Waals surface area contributed by atoms with Crippen molar-refractivity contribution in [3.63, 3.8) is 0 Å². The minimum Gasteiger partial charge on any atom is -0.790 e. The standard InChI is InChI=1S/2Fe.H3O4P.O3Si.12H2O/c;;1-5(2,3)4;1-4(2)3;;;;;;;;;;;;/h;;(H3,1,2,3,4);;12*1H2/q2*+2;;-2;;;;;;;;;;;;/p-2. The molecule has 0 aromatic carbocycles. The monoisotopic (exact) mass is 500 g/mol. The van der Waals surface area contributed by atoms with E-state index in [0.717, 1.165) is 0 Å². The molecule has 0 aliphatic rings. The maximum atomic E-state index is 8.66. The molecule has 0 aliphatic carbocycles. The van der Waals surface area contributed by atoms with Crippen LogP contribution in [0.1, 0.15) is 0 Å². The van der Waals surface area contributed by atoms with Crippen LogP contribution in [0.4, 0.5) is 0 Å². The van der Waals surface area contributed by atoms with Crippen molar-refractivity contribution in [2.24, 2.45) is 0 Å². The number of hydrogen-bond acceptors (Lipinski definition) is 6. The minimum absolute atomic E-state index is 0. The average molecular weight is 500 g/mol. The molecular weight excluding hydrogens is 475 g/mol. The van der Waals surface area contributed by atoms with Crippen LogP contribution in [0.25, 0.3) is 0 Å². The van der Waals surface area contributed by atoms with Gasteiger partial charge < -0.3 is 99.0 Å². The van der Waals surface area contributed by atoms with E-state index in [0.29, 0.717) is 0 Å². The molecule has 0 fully saturated rings. The van der Waals surface area contributed by atoms with Crippen LogP contribution in [0.3, 0.4) is 0 Å². The van der Waals surface area contributed by atoms with Crippen molar-refractivity contribution in [1.29, 1.82) is 0 Å². The maximum absolute atomic E-state index is 8.66. The molecule has 19 nitrogen and oxygen atoms in total. The van der Waals surface area contributed by atoms with Crippen LogP contribution in [-0.2, 0) is 43.2 Å². The topological polar surface area (TPSA) is 525 Å². The molecule has 0 amide bonds. The largest absolute Gasteiger partial charge is 2.00 e. The molecule has 0 bridgehead atoms. The fourth-order valence-electron chi connectivity index (χ4n) is 0. The van der Waals surface area contributed by atoms with Crippen LogP contribution >= 0.6 is 7.82 Å². The predicted molar refractivity (Wildman–Crippen MR) is 59.6 cm³/mol. The Bertz CT molecular complexity index is 121. The molecule has 0 rings (SSSR count).